The van der Waals surface area contributed by atoms with E-state index in [0.717, 1.165) is 27.2 Å². The number of benzene rings is 1. The standard InChI is InChI=1S/C14H15N5S2/c1-9-11(8-20-14-18-17-13(15)19(14)2)21-12(16-9)10-6-4-3-5-7-10/h3-7H,8H2,1-2H3,(H2,15,17). The summed E-state index contributed by atoms with van der Waals surface area (Å²) in [6, 6.07) is 10.2. The normalized spacial score (nSPS) is 11.0. The second kappa shape index (κ2) is 5.87. The lowest BCUT2D eigenvalue weighted by molar-refractivity contribution is 0.796. The average molecular weight is 317 g/mol. The second-order valence-corrected chi connectivity index (χ2v) is 6.61. The largest absolute Gasteiger partial charge is 0.368 e. The highest BCUT2D eigenvalue weighted by Gasteiger charge is 2.12. The number of nitrogens with two attached hydrogens (primary N) is 1. The van der Waals surface area contributed by atoms with Crippen LogP contribution in [0.5, 0.6) is 0 Å². The molecule has 0 saturated carbocycles. The Hall–Kier alpha value is -1.86. The van der Waals surface area contributed by atoms with Gasteiger partial charge in [-0.2, -0.15) is 0 Å². The first-order valence-corrected chi connectivity index (χ1v) is 8.24. The number of nitrogen functional groups attached to an aromatic ring is 1. The number of anilines is 1. The number of nitrogens with zero attached hydrogens (tertiary/aromatic N) is 4. The van der Waals surface area contributed by atoms with Crippen molar-refractivity contribution in [1.29, 1.82) is 0 Å². The quantitative estimate of drug-likeness (QED) is 0.749. The maximum atomic E-state index is 5.69. The van der Waals surface area contributed by atoms with Crippen molar-refractivity contribution in [2.24, 2.45) is 7.05 Å². The van der Waals surface area contributed by atoms with Gasteiger partial charge in [0.15, 0.2) is 5.16 Å². The molecule has 0 aliphatic carbocycles. The Labute approximate surface area is 131 Å². The fourth-order valence-corrected chi connectivity index (χ4v) is 3.98. The molecule has 2 aromatic heterocycles. The van der Waals surface area contributed by atoms with Crippen LogP contribution >= 0.6 is 23.1 Å². The molecule has 0 unspecified atom stereocenters. The van der Waals surface area contributed by atoms with Gasteiger partial charge in [0.2, 0.25) is 5.95 Å². The lowest BCUT2D eigenvalue weighted by Gasteiger charge is -2.00. The molecular formula is C14H15N5S2. The molecule has 0 amide bonds. The first kappa shape index (κ1) is 14.1. The zero-order valence-electron chi connectivity index (χ0n) is 11.8. The molecule has 2 heterocycles. The summed E-state index contributed by atoms with van der Waals surface area (Å²) in [5.74, 6) is 1.26. The molecule has 0 bridgehead atoms. The smallest absolute Gasteiger partial charge is 0.222 e. The number of aromatic nitrogens is 4. The molecule has 0 radical (unpaired) electrons. The van der Waals surface area contributed by atoms with Gasteiger partial charge >= 0.3 is 0 Å². The topological polar surface area (TPSA) is 69.6 Å². The summed E-state index contributed by atoms with van der Waals surface area (Å²) in [5.41, 5.74) is 7.91. The van der Waals surface area contributed by atoms with Gasteiger partial charge in [0.1, 0.15) is 5.01 Å². The Balaban J connectivity index is 1.78. The Kier molecular flexibility index (Phi) is 3.94. The van der Waals surface area contributed by atoms with Gasteiger partial charge in [-0.3, -0.25) is 4.57 Å². The highest BCUT2D eigenvalue weighted by atomic mass is 32.2. The van der Waals surface area contributed by atoms with Crippen molar-refractivity contribution in [3.8, 4) is 10.6 Å². The van der Waals surface area contributed by atoms with E-state index in [9.17, 15) is 0 Å². The Bertz CT molecular complexity index is 748. The summed E-state index contributed by atoms with van der Waals surface area (Å²) in [4.78, 5) is 5.91. The van der Waals surface area contributed by atoms with E-state index < -0.39 is 0 Å². The maximum Gasteiger partial charge on any atom is 0.222 e. The lowest BCUT2D eigenvalue weighted by Crippen LogP contribution is -1.98. The average Bonchev–Trinajstić information content (AvgIpc) is 3.02. The van der Waals surface area contributed by atoms with Gasteiger partial charge in [-0.15, -0.1) is 21.5 Å². The molecule has 0 atom stereocenters. The second-order valence-electron chi connectivity index (χ2n) is 4.58. The van der Waals surface area contributed by atoms with E-state index in [1.54, 1.807) is 27.7 Å². The summed E-state index contributed by atoms with van der Waals surface area (Å²) >= 11 is 3.35. The van der Waals surface area contributed by atoms with Crippen molar-refractivity contribution in [2.75, 3.05) is 5.73 Å². The van der Waals surface area contributed by atoms with Crippen molar-refractivity contribution in [2.45, 2.75) is 17.8 Å². The van der Waals surface area contributed by atoms with Crippen LogP contribution in [0.4, 0.5) is 5.95 Å². The van der Waals surface area contributed by atoms with Gasteiger partial charge in [0.25, 0.3) is 0 Å². The summed E-state index contributed by atoms with van der Waals surface area (Å²) in [6.45, 7) is 2.05. The third-order valence-electron chi connectivity index (χ3n) is 3.11. The van der Waals surface area contributed by atoms with Gasteiger partial charge < -0.3 is 5.73 Å². The van der Waals surface area contributed by atoms with E-state index in [2.05, 4.69) is 27.3 Å². The van der Waals surface area contributed by atoms with E-state index in [4.69, 9.17) is 5.73 Å². The monoisotopic (exact) mass is 317 g/mol. The molecule has 3 rings (SSSR count). The molecule has 5 nitrogen and oxygen atoms in total. The van der Waals surface area contributed by atoms with Crippen LogP contribution in [0.3, 0.4) is 0 Å². The van der Waals surface area contributed by atoms with E-state index in [-0.39, 0.29) is 0 Å². The number of aryl methyl sites for hydroxylation is 1. The van der Waals surface area contributed by atoms with E-state index in [1.165, 1.54) is 4.88 Å². The molecule has 7 heteroatoms. The molecule has 0 aliphatic heterocycles. The molecule has 0 spiro atoms. The number of hydrogen-bond acceptors (Lipinski definition) is 6. The maximum absolute atomic E-state index is 5.69. The van der Waals surface area contributed by atoms with Crippen molar-refractivity contribution in [1.82, 2.24) is 19.7 Å². The molecule has 0 fully saturated rings. The van der Waals surface area contributed by atoms with Crippen LogP contribution in [0.25, 0.3) is 10.6 Å². The Morgan fingerprint density at radius 2 is 2.00 bits per heavy atom. The SMILES string of the molecule is Cc1nc(-c2ccccc2)sc1CSc1nnc(N)n1C. The number of thioether (sulfide) groups is 1. The Morgan fingerprint density at radius 3 is 2.67 bits per heavy atom. The molecule has 2 N–H and O–H groups in total. The summed E-state index contributed by atoms with van der Waals surface area (Å²) < 4.78 is 1.79. The molecule has 0 saturated heterocycles. The minimum absolute atomic E-state index is 0.434. The summed E-state index contributed by atoms with van der Waals surface area (Å²) in [5, 5.41) is 9.80. The van der Waals surface area contributed by atoms with Gasteiger partial charge in [0.05, 0.1) is 5.69 Å². The predicted molar refractivity (Wildman–Crippen MR) is 87.3 cm³/mol. The summed E-state index contributed by atoms with van der Waals surface area (Å²) in [7, 11) is 1.87. The molecule has 108 valence electrons. The Morgan fingerprint density at radius 1 is 1.24 bits per heavy atom. The molecule has 1 aromatic carbocycles. The first-order valence-electron chi connectivity index (χ1n) is 6.44. The minimum atomic E-state index is 0.434. The van der Waals surface area contributed by atoms with Gasteiger partial charge in [-0.1, -0.05) is 42.1 Å². The molecular weight excluding hydrogens is 302 g/mol. The fourth-order valence-electron chi connectivity index (χ4n) is 1.85. The lowest BCUT2D eigenvalue weighted by atomic mass is 10.2. The zero-order valence-corrected chi connectivity index (χ0v) is 13.4. The van der Waals surface area contributed by atoms with Gasteiger partial charge in [0, 0.05) is 23.2 Å². The van der Waals surface area contributed by atoms with Crippen molar-refractivity contribution < 1.29 is 0 Å². The van der Waals surface area contributed by atoms with E-state index >= 15 is 0 Å². The number of rotatable bonds is 4. The van der Waals surface area contributed by atoms with Crippen LogP contribution in [0.1, 0.15) is 10.6 Å². The zero-order chi connectivity index (χ0) is 14.8. The van der Waals surface area contributed by atoms with Crippen molar-refractivity contribution >= 4 is 29.0 Å². The number of thiazole rings is 1. The van der Waals surface area contributed by atoms with Crippen molar-refractivity contribution in [3.63, 3.8) is 0 Å². The molecule has 0 aliphatic rings. The summed E-state index contributed by atoms with van der Waals surface area (Å²) in [6.07, 6.45) is 0. The van der Waals surface area contributed by atoms with Crippen molar-refractivity contribution in [3.05, 3.63) is 40.9 Å². The van der Waals surface area contributed by atoms with Crippen LogP contribution in [0, 0.1) is 6.92 Å². The van der Waals surface area contributed by atoms with E-state index in [0.29, 0.717) is 5.95 Å². The van der Waals surface area contributed by atoms with Crippen LogP contribution in [-0.4, -0.2) is 19.7 Å². The molecule has 21 heavy (non-hydrogen) atoms. The first-order chi connectivity index (χ1) is 10.1. The van der Waals surface area contributed by atoms with Crippen LogP contribution in [0.2, 0.25) is 0 Å². The third-order valence-corrected chi connectivity index (χ3v) is 5.55. The highest BCUT2D eigenvalue weighted by molar-refractivity contribution is 7.98. The minimum Gasteiger partial charge on any atom is -0.368 e. The number of hydrogen-bond donors (Lipinski definition) is 1. The predicted octanol–water partition coefficient (Wildman–Crippen LogP) is 3.12. The van der Waals surface area contributed by atoms with Crippen LogP contribution in [0.15, 0.2) is 35.5 Å². The van der Waals surface area contributed by atoms with Gasteiger partial charge in [-0.25, -0.2) is 4.98 Å². The van der Waals surface area contributed by atoms with Crippen LogP contribution in [-0.2, 0) is 12.8 Å². The highest BCUT2D eigenvalue weighted by Crippen LogP contribution is 2.32. The van der Waals surface area contributed by atoms with Crippen LogP contribution < -0.4 is 5.73 Å². The van der Waals surface area contributed by atoms with Gasteiger partial charge in [-0.05, 0) is 6.92 Å². The third kappa shape index (κ3) is 2.93. The van der Waals surface area contributed by atoms with E-state index in [1.807, 2.05) is 32.2 Å². The fraction of sp³-hybridized carbons (Fsp3) is 0.214. The molecule has 3 aromatic rings.